The second-order valence-electron chi connectivity index (χ2n) is 1.96. The molecule has 0 N–H and O–H groups in total. The lowest BCUT2D eigenvalue weighted by atomic mass is 10.3. The van der Waals surface area contributed by atoms with Crippen molar-refractivity contribution in [2.45, 2.75) is 5.88 Å². The van der Waals surface area contributed by atoms with E-state index in [0.717, 1.165) is 5.56 Å². The van der Waals surface area contributed by atoms with Crippen LogP contribution in [0.25, 0.3) is 0 Å². The first kappa shape index (κ1) is 8.62. The SMILES string of the molecule is COc1cnc(Cl)c(CCl)c1. The molecule has 4 heteroatoms. The van der Waals surface area contributed by atoms with Crippen LogP contribution in [-0.4, -0.2) is 12.1 Å². The minimum atomic E-state index is 0.350. The van der Waals surface area contributed by atoms with Gasteiger partial charge in [-0.3, -0.25) is 0 Å². The molecule has 1 aromatic rings. The van der Waals surface area contributed by atoms with Gasteiger partial charge in [-0.05, 0) is 6.07 Å². The van der Waals surface area contributed by atoms with Gasteiger partial charge in [0.15, 0.2) is 0 Å². The van der Waals surface area contributed by atoms with Crippen LogP contribution < -0.4 is 4.74 Å². The maximum Gasteiger partial charge on any atom is 0.137 e. The molecule has 0 saturated heterocycles. The smallest absolute Gasteiger partial charge is 0.137 e. The van der Waals surface area contributed by atoms with Crippen LogP contribution in [-0.2, 0) is 5.88 Å². The van der Waals surface area contributed by atoms with E-state index in [1.165, 1.54) is 0 Å². The second kappa shape index (κ2) is 3.79. The van der Waals surface area contributed by atoms with E-state index in [4.69, 9.17) is 27.9 Å². The van der Waals surface area contributed by atoms with E-state index in [9.17, 15) is 0 Å². The van der Waals surface area contributed by atoms with Gasteiger partial charge in [0.05, 0.1) is 19.2 Å². The van der Waals surface area contributed by atoms with Crippen molar-refractivity contribution >= 4 is 23.2 Å². The van der Waals surface area contributed by atoms with E-state index in [-0.39, 0.29) is 0 Å². The van der Waals surface area contributed by atoms with Crippen LogP contribution >= 0.6 is 23.2 Å². The molecule has 0 saturated carbocycles. The Kier molecular flexibility index (Phi) is 2.97. The van der Waals surface area contributed by atoms with E-state index < -0.39 is 0 Å². The standard InChI is InChI=1S/C7H7Cl2NO/c1-11-6-2-5(3-8)7(9)10-4-6/h2,4H,3H2,1H3. The zero-order chi connectivity index (χ0) is 8.27. The van der Waals surface area contributed by atoms with E-state index in [1.54, 1.807) is 19.4 Å². The summed E-state index contributed by atoms with van der Waals surface area (Å²) in [4.78, 5) is 3.88. The summed E-state index contributed by atoms with van der Waals surface area (Å²) >= 11 is 11.3. The zero-order valence-corrected chi connectivity index (χ0v) is 7.49. The number of methoxy groups -OCH3 is 1. The molecule has 1 rings (SSSR count). The van der Waals surface area contributed by atoms with E-state index in [0.29, 0.717) is 16.8 Å². The van der Waals surface area contributed by atoms with Crippen molar-refractivity contribution in [3.63, 3.8) is 0 Å². The predicted molar refractivity (Wildman–Crippen MR) is 45.4 cm³/mol. The van der Waals surface area contributed by atoms with Gasteiger partial charge >= 0.3 is 0 Å². The van der Waals surface area contributed by atoms with Crippen LogP contribution in [0.15, 0.2) is 12.3 Å². The maximum atomic E-state index is 5.70. The highest BCUT2D eigenvalue weighted by atomic mass is 35.5. The van der Waals surface area contributed by atoms with Gasteiger partial charge in [0, 0.05) is 5.56 Å². The Morgan fingerprint density at radius 1 is 1.64 bits per heavy atom. The van der Waals surface area contributed by atoms with Gasteiger partial charge in [-0.2, -0.15) is 0 Å². The molecule has 0 radical (unpaired) electrons. The molecule has 0 fully saturated rings. The maximum absolute atomic E-state index is 5.70. The molecule has 0 amide bonds. The van der Waals surface area contributed by atoms with Crippen LogP contribution in [0, 0.1) is 0 Å². The molecule has 0 aliphatic carbocycles. The van der Waals surface area contributed by atoms with Gasteiger partial charge in [0.1, 0.15) is 10.9 Å². The topological polar surface area (TPSA) is 22.1 Å². The lowest BCUT2D eigenvalue weighted by molar-refractivity contribution is 0.412. The summed E-state index contributed by atoms with van der Waals surface area (Å²) in [6, 6.07) is 1.77. The molecule has 0 aliphatic heterocycles. The van der Waals surface area contributed by atoms with Gasteiger partial charge in [-0.15, -0.1) is 11.6 Å². The molecule has 1 heterocycles. The van der Waals surface area contributed by atoms with Crippen molar-refractivity contribution in [1.29, 1.82) is 0 Å². The largest absolute Gasteiger partial charge is 0.495 e. The van der Waals surface area contributed by atoms with Crippen molar-refractivity contribution in [1.82, 2.24) is 4.98 Å². The third-order valence-corrected chi connectivity index (χ3v) is 1.89. The Balaban J connectivity index is 3.02. The number of hydrogen-bond acceptors (Lipinski definition) is 2. The third kappa shape index (κ3) is 1.98. The highest BCUT2D eigenvalue weighted by molar-refractivity contribution is 6.31. The average molecular weight is 192 g/mol. The van der Waals surface area contributed by atoms with Gasteiger partial charge in [0.25, 0.3) is 0 Å². The summed E-state index contributed by atoms with van der Waals surface area (Å²) in [6.45, 7) is 0. The van der Waals surface area contributed by atoms with Gasteiger partial charge < -0.3 is 4.74 Å². The minimum absolute atomic E-state index is 0.350. The number of aromatic nitrogens is 1. The van der Waals surface area contributed by atoms with Gasteiger partial charge in [-0.25, -0.2) is 4.98 Å². The Labute approximate surface area is 75.1 Å². The van der Waals surface area contributed by atoms with E-state index in [2.05, 4.69) is 4.98 Å². The van der Waals surface area contributed by atoms with Crippen molar-refractivity contribution in [2.24, 2.45) is 0 Å². The van der Waals surface area contributed by atoms with Gasteiger partial charge in [0.2, 0.25) is 0 Å². The molecule has 0 atom stereocenters. The van der Waals surface area contributed by atoms with Crippen LogP contribution in [0.2, 0.25) is 5.15 Å². The summed E-state index contributed by atoms with van der Waals surface area (Å²) < 4.78 is 4.93. The number of ether oxygens (including phenoxy) is 1. The molecule has 2 nitrogen and oxygen atoms in total. The molecule has 60 valence electrons. The highest BCUT2D eigenvalue weighted by Crippen LogP contribution is 2.19. The van der Waals surface area contributed by atoms with Crippen molar-refractivity contribution in [3.8, 4) is 5.75 Å². The number of pyridine rings is 1. The first-order valence-electron chi connectivity index (χ1n) is 3.02. The molecule has 0 bridgehead atoms. The molecular weight excluding hydrogens is 185 g/mol. The van der Waals surface area contributed by atoms with Crippen LogP contribution in [0.1, 0.15) is 5.56 Å². The zero-order valence-electron chi connectivity index (χ0n) is 5.97. The summed E-state index contributed by atoms with van der Waals surface area (Å²) in [6.07, 6.45) is 1.55. The number of alkyl halides is 1. The number of hydrogen-bond donors (Lipinski definition) is 0. The summed E-state index contributed by atoms with van der Waals surface area (Å²) in [5.74, 6) is 1.02. The van der Waals surface area contributed by atoms with Crippen molar-refractivity contribution in [3.05, 3.63) is 23.0 Å². The highest BCUT2D eigenvalue weighted by Gasteiger charge is 2.01. The Bertz CT molecular complexity index is 252. The lowest BCUT2D eigenvalue weighted by Gasteiger charge is -2.01. The van der Waals surface area contributed by atoms with Crippen LogP contribution in [0.5, 0.6) is 5.75 Å². The first-order chi connectivity index (χ1) is 5.27. The predicted octanol–water partition coefficient (Wildman–Crippen LogP) is 2.48. The van der Waals surface area contributed by atoms with Crippen molar-refractivity contribution in [2.75, 3.05) is 7.11 Å². The van der Waals surface area contributed by atoms with Gasteiger partial charge in [-0.1, -0.05) is 11.6 Å². The number of rotatable bonds is 2. The van der Waals surface area contributed by atoms with E-state index >= 15 is 0 Å². The average Bonchev–Trinajstić information content (AvgIpc) is 2.05. The fourth-order valence-electron chi connectivity index (χ4n) is 0.677. The first-order valence-corrected chi connectivity index (χ1v) is 3.93. The normalized spacial score (nSPS) is 9.73. The van der Waals surface area contributed by atoms with Crippen LogP contribution in [0.3, 0.4) is 0 Å². The fourth-order valence-corrected chi connectivity index (χ4v) is 1.12. The molecule has 0 unspecified atom stereocenters. The third-order valence-electron chi connectivity index (χ3n) is 1.27. The minimum Gasteiger partial charge on any atom is -0.495 e. The quantitative estimate of drug-likeness (QED) is 0.530. The fraction of sp³-hybridized carbons (Fsp3) is 0.286. The summed E-state index contributed by atoms with van der Waals surface area (Å²) in [5, 5.41) is 0.431. The number of nitrogens with zero attached hydrogens (tertiary/aromatic N) is 1. The summed E-state index contributed by atoms with van der Waals surface area (Å²) in [5.41, 5.74) is 0.785. The van der Waals surface area contributed by atoms with Crippen molar-refractivity contribution < 1.29 is 4.74 Å². The van der Waals surface area contributed by atoms with E-state index in [1.807, 2.05) is 0 Å². The second-order valence-corrected chi connectivity index (χ2v) is 2.58. The molecule has 0 aliphatic rings. The molecule has 0 aromatic carbocycles. The molecule has 1 aromatic heterocycles. The monoisotopic (exact) mass is 191 g/mol. The summed E-state index contributed by atoms with van der Waals surface area (Å²) in [7, 11) is 1.57. The molecular formula is C7H7Cl2NO. The Morgan fingerprint density at radius 3 is 2.91 bits per heavy atom. The van der Waals surface area contributed by atoms with Crippen LogP contribution in [0.4, 0.5) is 0 Å². The Hall–Kier alpha value is -0.470. The molecule has 0 spiro atoms. The lowest BCUT2D eigenvalue weighted by Crippen LogP contribution is -1.88. The molecule has 11 heavy (non-hydrogen) atoms. The Morgan fingerprint density at radius 2 is 2.36 bits per heavy atom. The number of halogens is 2.